The van der Waals surface area contributed by atoms with Crippen molar-refractivity contribution in [2.45, 2.75) is 26.3 Å². The standard InChI is InChI=1S/C7H19N2P/c1-7(2,3)9-10(5,6)8-4/h8H,1-6H3. The second-order valence-electron chi connectivity index (χ2n) is 3.89. The molecule has 0 rings (SSSR count). The van der Waals surface area contributed by atoms with Crippen molar-refractivity contribution in [3.63, 3.8) is 0 Å². The van der Waals surface area contributed by atoms with Crippen molar-refractivity contribution >= 4 is 7.21 Å². The van der Waals surface area contributed by atoms with E-state index in [0.29, 0.717) is 0 Å². The molecular formula is C7H19N2P. The van der Waals surface area contributed by atoms with E-state index < -0.39 is 7.21 Å². The van der Waals surface area contributed by atoms with E-state index in [4.69, 9.17) is 0 Å². The number of hydrogen-bond acceptors (Lipinski definition) is 1. The molecule has 0 spiro atoms. The van der Waals surface area contributed by atoms with Gasteiger partial charge in [0, 0.05) is 7.21 Å². The number of rotatable bonds is 1. The Morgan fingerprint density at radius 1 is 1.20 bits per heavy atom. The van der Waals surface area contributed by atoms with Gasteiger partial charge in [-0.3, -0.25) is 9.83 Å². The van der Waals surface area contributed by atoms with Gasteiger partial charge in [0.25, 0.3) is 0 Å². The number of hydrogen-bond donors (Lipinski definition) is 1. The van der Waals surface area contributed by atoms with Gasteiger partial charge in [0.2, 0.25) is 0 Å². The highest BCUT2D eigenvalue weighted by Gasteiger charge is 2.10. The van der Waals surface area contributed by atoms with Crippen LogP contribution in [0.1, 0.15) is 20.8 Å². The molecule has 2 nitrogen and oxygen atoms in total. The molecule has 0 aromatic carbocycles. The highest BCUT2D eigenvalue weighted by atomic mass is 31.2. The van der Waals surface area contributed by atoms with E-state index in [1.165, 1.54) is 0 Å². The number of nitrogens with zero attached hydrogens (tertiary/aromatic N) is 1. The summed E-state index contributed by atoms with van der Waals surface area (Å²) in [6.45, 7) is 10.8. The normalized spacial score (nSPS) is 13.4. The van der Waals surface area contributed by atoms with E-state index in [1.807, 2.05) is 7.05 Å². The quantitative estimate of drug-likeness (QED) is 0.588. The van der Waals surface area contributed by atoms with Crippen LogP contribution in [0.4, 0.5) is 0 Å². The maximum absolute atomic E-state index is 4.66. The van der Waals surface area contributed by atoms with Crippen molar-refractivity contribution in [3.05, 3.63) is 0 Å². The molecule has 0 amide bonds. The predicted molar refractivity (Wildman–Crippen MR) is 50.0 cm³/mol. The van der Waals surface area contributed by atoms with Crippen molar-refractivity contribution in [2.24, 2.45) is 4.74 Å². The molecule has 10 heavy (non-hydrogen) atoms. The van der Waals surface area contributed by atoms with Gasteiger partial charge in [0.05, 0.1) is 5.54 Å². The Morgan fingerprint density at radius 3 is 1.70 bits per heavy atom. The lowest BCUT2D eigenvalue weighted by atomic mass is 10.1. The van der Waals surface area contributed by atoms with Crippen LogP contribution in [0.25, 0.3) is 0 Å². The number of nitrogens with one attached hydrogen (secondary N) is 1. The molecule has 0 unspecified atom stereocenters. The van der Waals surface area contributed by atoms with Crippen LogP contribution in [-0.4, -0.2) is 25.9 Å². The average molecular weight is 162 g/mol. The van der Waals surface area contributed by atoms with Crippen LogP contribution >= 0.6 is 7.21 Å². The first-order chi connectivity index (χ1) is 4.27. The minimum atomic E-state index is -1.17. The SMILES string of the molecule is CNP(C)(C)=NC(C)(C)C. The summed E-state index contributed by atoms with van der Waals surface area (Å²) in [6.07, 6.45) is 0. The summed E-state index contributed by atoms with van der Waals surface area (Å²) in [5.74, 6) is 0. The van der Waals surface area contributed by atoms with Gasteiger partial charge < -0.3 is 0 Å². The fourth-order valence-electron chi connectivity index (χ4n) is 0.800. The van der Waals surface area contributed by atoms with Gasteiger partial charge >= 0.3 is 0 Å². The first-order valence-electron chi connectivity index (χ1n) is 3.54. The van der Waals surface area contributed by atoms with E-state index in [0.717, 1.165) is 0 Å². The van der Waals surface area contributed by atoms with Crippen molar-refractivity contribution in [1.82, 2.24) is 5.09 Å². The smallest absolute Gasteiger partial charge is 0.0524 e. The van der Waals surface area contributed by atoms with Crippen LogP contribution in [-0.2, 0) is 0 Å². The third kappa shape index (κ3) is 5.01. The molecule has 0 aromatic heterocycles. The first-order valence-corrected chi connectivity index (χ1v) is 6.18. The largest absolute Gasteiger partial charge is 0.287 e. The van der Waals surface area contributed by atoms with Gasteiger partial charge in [-0.1, -0.05) is 0 Å². The first kappa shape index (κ1) is 10.2. The van der Waals surface area contributed by atoms with Crippen molar-refractivity contribution < 1.29 is 0 Å². The molecule has 0 aromatic rings. The van der Waals surface area contributed by atoms with Crippen LogP contribution in [0.5, 0.6) is 0 Å². The molecule has 0 saturated heterocycles. The monoisotopic (exact) mass is 162 g/mol. The van der Waals surface area contributed by atoms with Crippen LogP contribution in [0.15, 0.2) is 4.74 Å². The Labute approximate surface area is 64.5 Å². The summed E-state index contributed by atoms with van der Waals surface area (Å²) in [6, 6.07) is 0. The van der Waals surface area contributed by atoms with Crippen LogP contribution in [0.3, 0.4) is 0 Å². The molecule has 0 aliphatic rings. The Balaban J connectivity index is 4.44. The molecule has 3 heteroatoms. The van der Waals surface area contributed by atoms with Gasteiger partial charge in [-0.15, -0.1) is 0 Å². The summed E-state index contributed by atoms with van der Waals surface area (Å²) in [4.78, 5) is 0. The zero-order valence-electron chi connectivity index (χ0n) is 7.89. The molecule has 0 fully saturated rings. The minimum Gasteiger partial charge on any atom is -0.287 e. The summed E-state index contributed by atoms with van der Waals surface area (Å²) >= 11 is 0. The fourth-order valence-corrected chi connectivity index (χ4v) is 2.40. The van der Waals surface area contributed by atoms with Crippen molar-refractivity contribution in [1.29, 1.82) is 0 Å². The zero-order valence-corrected chi connectivity index (χ0v) is 8.79. The lowest BCUT2D eigenvalue weighted by molar-refractivity contribution is 0.589. The van der Waals surface area contributed by atoms with Gasteiger partial charge in [-0.25, -0.2) is 0 Å². The average Bonchev–Trinajstić information content (AvgIpc) is 1.60. The molecule has 0 aliphatic heterocycles. The maximum atomic E-state index is 4.66. The molecule has 0 radical (unpaired) electrons. The summed E-state index contributed by atoms with van der Waals surface area (Å²) in [5, 5.41) is 3.24. The fraction of sp³-hybridized carbons (Fsp3) is 1.00. The van der Waals surface area contributed by atoms with E-state index in [9.17, 15) is 0 Å². The lowest BCUT2D eigenvalue weighted by Crippen LogP contribution is -2.12. The van der Waals surface area contributed by atoms with Crippen LogP contribution in [0, 0.1) is 0 Å². The Morgan fingerprint density at radius 2 is 1.60 bits per heavy atom. The molecular weight excluding hydrogens is 143 g/mol. The molecule has 0 atom stereocenters. The van der Waals surface area contributed by atoms with E-state index in [1.54, 1.807) is 0 Å². The summed E-state index contributed by atoms with van der Waals surface area (Å²) < 4.78 is 4.66. The molecule has 0 bridgehead atoms. The Bertz CT molecular complexity index is 149. The van der Waals surface area contributed by atoms with Crippen molar-refractivity contribution in [2.75, 3.05) is 20.4 Å². The van der Waals surface area contributed by atoms with E-state index in [2.05, 4.69) is 43.9 Å². The highest BCUT2D eigenvalue weighted by Crippen LogP contribution is 2.38. The highest BCUT2D eigenvalue weighted by molar-refractivity contribution is 7.62. The third-order valence-corrected chi connectivity index (χ3v) is 3.29. The van der Waals surface area contributed by atoms with Gasteiger partial charge in [0.1, 0.15) is 0 Å². The lowest BCUT2D eigenvalue weighted by Gasteiger charge is -2.21. The molecule has 0 heterocycles. The van der Waals surface area contributed by atoms with E-state index >= 15 is 0 Å². The summed E-state index contributed by atoms with van der Waals surface area (Å²) in [7, 11) is 0.805. The predicted octanol–water partition coefficient (Wildman–Crippen LogP) is 2.38. The summed E-state index contributed by atoms with van der Waals surface area (Å²) in [5.41, 5.74) is 0.0975. The zero-order chi connectivity index (χ0) is 8.41. The topological polar surface area (TPSA) is 24.4 Å². The molecule has 0 saturated carbocycles. The van der Waals surface area contributed by atoms with Crippen LogP contribution in [0.2, 0.25) is 0 Å². The minimum absolute atomic E-state index is 0.0975. The second-order valence-corrected chi connectivity index (χ2v) is 7.32. The molecule has 0 aliphatic carbocycles. The Kier molecular flexibility index (Phi) is 3.12. The van der Waals surface area contributed by atoms with E-state index in [-0.39, 0.29) is 5.54 Å². The van der Waals surface area contributed by atoms with Gasteiger partial charge in [0.15, 0.2) is 0 Å². The third-order valence-electron chi connectivity index (χ3n) is 1.10. The van der Waals surface area contributed by atoms with Crippen LogP contribution < -0.4 is 5.09 Å². The molecule has 62 valence electrons. The van der Waals surface area contributed by atoms with Gasteiger partial charge in [-0.2, -0.15) is 0 Å². The Hall–Kier alpha value is 0.190. The van der Waals surface area contributed by atoms with Crippen molar-refractivity contribution in [3.8, 4) is 0 Å². The molecule has 1 N–H and O–H groups in total. The second kappa shape index (κ2) is 3.06. The van der Waals surface area contributed by atoms with Gasteiger partial charge in [-0.05, 0) is 41.1 Å². The maximum Gasteiger partial charge on any atom is 0.0524 e.